The van der Waals surface area contributed by atoms with Crippen molar-refractivity contribution < 1.29 is 4.79 Å². The molecule has 98 valence electrons. The lowest BCUT2D eigenvalue weighted by Crippen LogP contribution is -2.40. The first kappa shape index (κ1) is 13.2. The van der Waals surface area contributed by atoms with E-state index in [-0.39, 0.29) is 5.91 Å². The summed E-state index contributed by atoms with van der Waals surface area (Å²) >= 11 is 1.60. The largest absolute Gasteiger partial charge is 0.388 e. The van der Waals surface area contributed by atoms with Gasteiger partial charge in [0.1, 0.15) is 0 Å². The Morgan fingerprint density at radius 2 is 2.33 bits per heavy atom. The van der Waals surface area contributed by atoms with Crippen LogP contribution in [0.15, 0.2) is 23.1 Å². The molecule has 0 saturated heterocycles. The molecular formula is C13H19N3OS. The smallest absolute Gasteiger partial charge is 0.237 e. The van der Waals surface area contributed by atoms with Crippen LogP contribution in [0.2, 0.25) is 0 Å². The zero-order chi connectivity index (χ0) is 13.1. The molecule has 1 amide bonds. The molecule has 0 radical (unpaired) electrons. The molecule has 1 aliphatic rings. The molecule has 0 saturated carbocycles. The number of rotatable bonds is 4. The van der Waals surface area contributed by atoms with Crippen molar-refractivity contribution in [1.82, 2.24) is 0 Å². The van der Waals surface area contributed by atoms with E-state index in [1.807, 2.05) is 24.1 Å². The number of nitrogens with two attached hydrogens (primary N) is 1. The van der Waals surface area contributed by atoms with E-state index in [1.165, 1.54) is 0 Å². The van der Waals surface area contributed by atoms with Crippen LogP contribution in [0.3, 0.4) is 0 Å². The summed E-state index contributed by atoms with van der Waals surface area (Å²) < 4.78 is 0. The molecule has 2 rings (SSSR count). The first-order valence-electron chi connectivity index (χ1n) is 6.10. The Balaban J connectivity index is 2.32. The Bertz CT molecular complexity index is 450. The van der Waals surface area contributed by atoms with Crippen LogP contribution >= 0.6 is 11.8 Å². The second-order valence-corrected chi connectivity index (χ2v) is 5.58. The van der Waals surface area contributed by atoms with E-state index in [2.05, 4.69) is 18.3 Å². The molecule has 1 aromatic rings. The number of nitrogens with zero attached hydrogens (tertiary/aromatic N) is 1. The molecule has 1 atom stereocenters. The average Bonchev–Trinajstić information content (AvgIpc) is 2.41. The van der Waals surface area contributed by atoms with Gasteiger partial charge in [-0.1, -0.05) is 6.92 Å². The highest BCUT2D eigenvalue weighted by molar-refractivity contribution is 8.00. The van der Waals surface area contributed by atoms with Crippen LogP contribution in [0.1, 0.15) is 6.92 Å². The number of amides is 1. The lowest BCUT2D eigenvalue weighted by molar-refractivity contribution is -0.116. The Morgan fingerprint density at radius 3 is 3.00 bits per heavy atom. The summed E-state index contributed by atoms with van der Waals surface area (Å²) in [7, 11) is 1.88. The van der Waals surface area contributed by atoms with Crippen LogP contribution in [0.25, 0.3) is 0 Å². The maximum absolute atomic E-state index is 12.1. The normalized spacial score (nSPS) is 16.4. The van der Waals surface area contributed by atoms with Gasteiger partial charge >= 0.3 is 0 Å². The first-order valence-corrected chi connectivity index (χ1v) is 7.09. The van der Waals surface area contributed by atoms with E-state index >= 15 is 0 Å². The van der Waals surface area contributed by atoms with Crippen LogP contribution in [-0.2, 0) is 4.79 Å². The predicted octanol–water partition coefficient (Wildman–Crippen LogP) is 1.76. The van der Waals surface area contributed by atoms with Crippen molar-refractivity contribution in [2.24, 2.45) is 11.7 Å². The van der Waals surface area contributed by atoms with Gasteiger partial charge in [-0.05, 0) is 30.7 Å². The number of hydrogen-bond acceptors (Lipinski definition) is 4. The standard InChI is InChI=1S/C13H19N3OS/c1-9(6-14)7-16-11-5-10(15-2)3-4-12(11)18-8-13(16)17/h3-5,9,15H,6-8,14H2,1-2H3. The number of fused-ring (bicyclic) bond motifs is 1. The molecule has 1 heterocycles. The minimum Gasteiger partial charge on any atom is -0.388 e. The number of carbonyl (C=O) groups is 1. The molecule has 4 nitrogen and oxygen atoms in total. The number of nitrogens with one attached hydrogen (secondary N) is 1. The van der Waals surface area contributed by atoms with Gasteiger partial charge in [0.2, 0.25) is 5.91 Å². The third-order valence-electron chi connectivity index (χ3n) is 3.09. The fourth-order valence-electron chi connectivity index (χ4n) is 1.94. The van der Waals surface area contributed by atoms with E-state index in [1.54, 1.807) is 11.8 Å². The number of anilines is 2. The Hall–Kier alpha value is -1.20. The molecule has 1 aliphatic heterocycles. The molecule has 3 N–H and O–H groups in total. The second-order valence-electron chi connectivity index (χ2n) is 4.57. The van der Waals surface area contributed by atoms with Crippen LogP contribution in [0, 0.1) is 5.92 Å². The molecule has 0 aliphatic carbocycles. The summed E-state index contributed by atoms with van der Waals surface area (Å²) in [5.41, 5.74) is 7.68. The van der Waals surface area contributed by atoms with Crippen LogP contribution in [0.5, 0.6) is 0 Å². The molecule has 0 spiro atoms. The van der Waals surface area contributed by atoms with Crippen LogP contribution in [0.4, 0.5) is 11.4 Å². The third kappa shape index (κ3) is 2.62. The Kier molecular flexibility index (Phi) is 4.14. The SMILES string of the molecule is CNc1ccc2c(c1)N(CC(C)CN)C(=O)CS2. The molecule has 1 aromatic carbocycles. The van der Waals surface area contributed by atoms with Crippen LogP contribution < -0.4 is 16.0 Å². The van der Waals surface area contributed by atoms with Gasteiger partial charge in [-0.15, -0.1) is 11.8 Å². The van der Waals surface area contributed by atoms with Crippen molar-refractivity contribution in [3.05, 3.63) is 18.2 Å². The Morgan fingerprint density at radius 1 is 1.56 bits per heavy atom. The molecule has 0 fully saturated rings. The molecule has 18 heavy (non-hydrogen) atoms. The van der Waals surface area contributed by atoms with Gasteiger partial charge in [-0.3, -0.25) is 4.79 Å². The van der Waals surface area contributed by atoms with E-state index in [0.717, 1.165) is 16.3 Å². The Labute approximate surface area is 112 Å². The van der Waals surface area contributed by atoms with Crippen molar-refractivity contribution in [3.63, 3.8) is 0 Å². The number of carbonyl (C=O) groups excluding carboxylic acids is 1. The minimum atomic E-state index is 0.168. The highest BCUT2D eigenvalue weighted by Gasteiger charge is 2.25. The maximum Gasteiger partial charge on any atom is 0.237 e. The zero-order valence-electron chi connectivity index (χ0n) is 10.8. The van der Waals surface area contributed by atoms with Crippen molar-refractivity contribution in [3.8, 4) is 0 Å². The third-order valence-corrected chi connectivity index (χ3v) is 4.13. The summed E-state index contributed by atoms with van der Waals surface area (Å²) in [5, 5.41) is 3.11. The predicted molar refractivity (Wildman–Crippen MR) is 77.3 cm³/mol. The first-order chi connectivity index (χ1) is 8.65. The topological polar surface area (TPSA) is 58.4 Å². The van der Waals surface area contributed by atoms with Gasteiger partial charge in [-0.25, -0.2) is 0 Å². The average molecular weight is 265 g/mol. The van der Waals surface area contributed by atoms with E-state index in [4.69, 9.17) is 5.73 Å². The quantitative estimate of drug-likeness (QED) is 0.871. The lowest BCUT2D eigenvalue weighted by Gasteiger charge is -2.31. The van der Waals surface area contributed by atoms with E-state index in [0.29, 0.717) is 24.8 Å². The summed E-state index contributed by atoms with van der Waals surface area (Å²) in [6.45, 7) is 3.35. The van der Waals surface area contributed by atoms with Gasteiger partial charge in [0.25, 0.3) is 0 Å². The van der Waals surface area contributed by atoms with Crippen LogP contribution in [-0.4, -0.2) is 31.8 Å². The van der Waals surface area contributed by atoms with E-state index < -0.39 is 0 Å². The maximum atomic E-state index is 12.1. The molecule has 1 unspecified atom stereocenters. The summed E-state index contributed by atoms with van der Waals surface area (Å²) in [4.78, 5) is 15.1. The lowest BCUT2D eigenvalue weighted by atomic mass is 10.1. The van der Waals surface area contributed by atoms with Gasteiger partial charge in [-0.2, -0.15) is 0 Å². The summed E-state index contributed by atoms with van der Waals surface area (Å²) in [6.07, 6.45) is 0. The summed E-state index contributed by atoms with van der Waals surface area (Å²) in [6, 6.07) is 6.13. The zero-order valence-corrected chi connectivity index (χ0v) is 11.6. The van der Waals surface area contributed by atoms with Gasteiger partial charge in [0.15, 0.2) is 0 Å². The number of thioether (sulfide) groups is 1. The fraction of sp³-hybridized carbons (Fsp3) is 0.462. The molecular weight excluding hydrogens is 246 g/mol. The van der Waals surface area contributed by atoms with Crippen molar-refractivity contribution in [2.45, 2.75) is 11.8 Å². The van der Waals surface area contributed by atoms with Crippen molar-refractivity contribution in [2.75, 3.05) is 36.1 Å². The molecule has 0 bridgehead atoms. The van der Waals surface area contributed by atoms with Gasteiger partial charge in [0.05, 0.1) is 11.4 Å². The minimum absolute atomic E-state index is 0.168. The van der Waals surface area contributed by atoms with Gasteiger partial charge < -0.3 is 16.0 Å². The number of hydrogen-bond donors (Lipinski definition) is 2. The fourth-order valence-corrected chi connectivity index (χ4v) is 2.86. The van der Waals surface area contributed by atoms with Crippen molar-refractivity contribution >= 4 is 29.0 Å². The monoisotopic (exact) mass is 265 g/mol. The van der Waals surface area contributed by atoms with Crippen molar-refractivity contribution in [1.29, 1.82) is 0 Å². The summed E-state index contributed by atoms with van der Waals surface area (Å²) in [5.74, 6) is 0.993. The molecule has 0 aromatic heterocycles. The number of benzene rings is 1. The second kappa shape index (κ2) is 5.63. The van der Waals surface area contributed by atoms with Gasteiger partial charge in [0, 0.05) is 24.2 Å². The highest BCUT2D eigenvalue weighted by atomic mass is 32.2. The molecule has 5 heteroatoms. The van der Waals surface area contributed by atoms with E-state index in [9.17, 15) is 4.79 Å². The highest BCUT2D eigenvalue weighted by Crippen LogP contribution is 2.37.